The van der Waals surface area contributed by atoms with Crippen molar-refractivity contribution in [3.8, 4) is 0 Å². The van der Waals surface area contributed by atoms with Crippen LogP contribution in [-0.2, 0) is 22.3 Å². The van der Waals surface area contributed by atoms with Crippen molar-refractivity contribution >= 4 is 34.5 Å². The Kier molecular flexibility index (Phi) is 5.74. The van der Waals surface area contributed by atoms with Gasteiger partial charge in [0.2, 0.25) is 0 Å². The summed E-state index contributed by atoms with van der Waals surface area (Å²) in [5.41, 5.74) is 1.05. The summed E-state index contributed by atoms with van der Waals surface area (Å²) in [5.74, 6) is -0.505. The summed E-state index contributed by atoms with van der Waals surface area (Å²) in [6, 6.07) is 8.55. The van der Waals surface area contributed by atoms with Crippen molar-refractivity contribution in [2.45, 2.75) is 19.6 Å². The minimum absolute atomic E-state index is 0.166. The number of nitrogens with zero attached hydrogens (tertiary/aromatic N) is 2. The lowest BCUT2D eigenvalue weighted by molar-refractivity contribution is -0.138. The van der Waals surface area contributed by atoms with Crippen LogP contribution in [0.25, 0.3) is 17.0 Å². The van der Waals surface area contributed by atoms with E-state index >= 15 is 0 Å². The van der Waals surface area contributed by atoms with Crippen molar-refractivity contribution in [2.24, 2.45) is 0 Å². The highest BCUT2D eigenvalue weighted by Crippen LogP contribution is 2.30. The monoisotopic (exact) mass is 408 g/mol. The fourth-order valence-electron chi connectivity index (χ4n) is 2.84. The SMILES string of the molecule is CCOC(=O)/C=C/c1cc2cc(Cl)ncc2n1Cc1cccc(C(F)(F)F)c1. The number of aromatic nitrogens is 2. The average molecular weight is 409 g/mol. The van der Waals surface area contributed by atoms with Gasteiger partial charge in [0, 0.05) is 23.7 Å². The Morgan fingerprint density at radius 1 is 1.29 bits per heavy atom. The van der Waals surface area contributed by atoms with Gasteiger partial charge in [0.1, 0.15) is 5.15 Å². The molecule has 8 heteroatoms. The molecule has 2 heterocycles. The molecule has 0 aliphatic rings. The Bertz CT molecular complexity index is 1040. The summed E-state index contributed by atoms with van der Waals surface area (Å²) >= 11 is 5.94. The van der Waals surface area contributed by atoms with E-state index in [0.717, 1.165) is 17.5 Å². The smallest absolute Gasteiger partial charge is 0.416 e. The van der Waals surface area contributed by atoms with Crippen LogP contribution in [0, 0.1) is 0 Å². The highest BCUT2D eigenvalue weighted by atomic mass is 35.5. The second-order valence-electron chi connectivity index (χ2n) is 6.00. The molecule has 0 radical (unpaired) electrons. The number of carbonyl (C=O) groups excluding carboxylic acids is 1. The maximum atomic E-state index is 13.0. The zero-order valence-electron chi connectivity index (χ0n) is 14.8. The van der Waals surface area contributed by atoms with E-state index in [4.69, 9.17) is 16.3 Å². The van der Waals surface area contributed by atoms with E-state index in [2.05, 4.69) is 4.98 Å². The quantitative estimate of drug-likeness (QED) is 0.325. The number of halogens is 4. The Balaban J connectivity index is 2.03. The van der Waals surface area contributed by atoms with Crippen molar-refractivity contribution in [3.63, 3.8) is 0 Å². The first kappa shape index (κ1) is 19.9. The molecule has 0 amide bonds. The Labute approximate surface area is 164 Å². The van der Waals surface area contributed by atoms with Gasteiger partial charge in [-0.2, -0.15) is 13.2 Å². The molecule has 146 valence electrons. The van der Waals surface area contributed by atoms with Crippen LogP contribution in [0.2, 0.25) is 5.15 Å². The van der Waals surface area contributed by atoms with Crippen molar-refractivity contribution in [3.05, 3.63) is 70.6 Å². The van der Waals surface area contributed by atoms with Crippen LogP contribution >= 0.6 is 11.6 Å². The van der Waals surface area contributed by atoms with Crippen molar-refractivity contribution in [2.75, 3.05) is 6.61 Å². The van der Waals surface area contributed by atoms with Gasteiger partial charge in [-0.25, -0.2) is 9.78 Å². The molecule has 0 fully saturated rings. The molecular formula is C20H16ClF3N2O2. The summed E-state index contributed by atoms with van der Waals surface area (Å²) in [4.78, 5) is 15.7. The topological polar surface area (TPSA) is 44.1 Å². The van der Waals surface area contributed by atoms with Crippen molar-refractivity contribution in [1.82, 2.24) is 9.55 Å². The van der Waals surface area contributed by atoms with E-state index in [1.165, 1.54) is 12.1 Å². The van der Waals surface area contributed by atoms with Crippen LogP contribution in [0.5, 0.6) is 0 Å². The van der Waals surface area contributed by atoms with Gasteiger partial charge in [-0.3, -0.25) is 0 Å². The van der Waals surface area contributed by atoms with Crippen LogP contribution in [-0.4, -0.2) is 22.1 Å². The standard InChI is InChI=1S/C20H16ClF3N2O2/c1-2-28-19(27)7-6-16-9-14-10-18(21)25-11-17(14)26(16)12-13-4-3-5-15(8-13)20(22,23)24/h3-11H,2,12H2,1H3/b7-6+. The molecule has 0 atom stereocenters. The summed E-state index contributed by atoms with van der Waals surface area (Å²) in [6.45, 7) is 2.11. The predicted molar refractivity (Wildman–Crippen MR) is 101 cm³/mol. The summed E-state index contributed by atoms with van der Waals surface area (Å²) < 4.78 is 45.7. The summed E-state index contributed by atoms with van der Waals surface area (Å²) in [6.07, 6.45) is -0.0433. The van der Waals surface area contributed by atoms with Crippen LogP contribution < -0.4 is 0 Å². The van der Waals surface area contributed by atoms with E-state index < -0.39 is 17.7 Å². The van der Waals surface area contributed by atoms with E-state index in [1.54, 1.807) is 42.0 Å². The number of benzene rings is 1. The van der Waals surface area contributed by atoms with Gasteiger partial charge in [0.05, 0.1) is 23.9 Å². The first-order valence-electron chi connectivity index (χ1n) is 8.43. The second kappa shape index (κ2) is 8.06. The number of esters is 1. The molecule has 1 aromatic carbocycles. The van der Waals surface area contributed by atoms with Gasteiger partial charge in [-0.05, 0) is 42.8 Å². The van der Waals surface area contributed by atoms with Gasteiger partial charge >= 0.3 is 12.1 Å². The lowest BCUT2D eigenvalue weighted by Gasteiger charge is -2.12. The van der Waals surface area contributed by atoms with Crippen LogP contribution in [0.1, 0.15) is 23.7 Å². The molecule has 0 spiro atoms. The molecule has 0 saturated carbocycles. The lowest BCUT2D eigenvalue weighted by Crippen LogP contribution is -2.07. The number of carbonyl (C=O) groups is 1. The number of pyridine rings is 1. The Morgan fingerprint density at radius 3 is 2.79 bits per heavy atom. The molecule has 28 heavy (non-hydrogen) atoms. The molecule has 0 aliphatic heterocycles. The lowest BCUT2D eigenvalue weighted by atomic mass is 10.1. The molecule has 2 aromatic heterocycles. The molecular weight excluding hydrogens is 393 g/mol. The molecule has 0 N–H and O–H groups in total. The third-order valence-corrected chi connectivity index (χ3v) is 4.26. The van der Waals surface area contributed by atoms with E-state index in [1.807, 2.05) is 0 Å². The zero-order chi connectivity index (χ0) is 20.3. The molecule has 3 aromatic rings. The molecule has 0 aliphatic carbocycles. The fraction of sp³-hybridized carbons (Fsp3) is 0.200. The fourth-order valence-corrected chi connectivity index (χ4v) is 3.01. The number of fused-ring (bicyclic) bond motifs is 1. The largest absolute Gasteiger partial charge is 0.463 e. The molecule has 3 rings (SSSR count). The highest BCUT2D eigenvalue weighted by Gasteiger charge is 2.30. The van der Waals surface area contributed by atoms with Crippen molar-refractivity contribution in [1.29, 1.82) is 0 Å². The van der Waals surface area contributed by atoms with E-state index in [9.17, 15) is 18.0 Å². The van der Waals surface area contributed by atoms with Crippen LogP contribution in [0.15, 0.2) is 48.7 Å². The number of hydrogen-bond donors (Lipinski definition) is 0. The summed E-state index contributed by atoms with van der Waals surface area (Å²) in [7, 11) is 0. The van der Waals surface area contributed by atoms with Crippen molar-refractivity contribution < 1.29 is 22.7 Å². The number of ether oxygens (including phenoxy) is 1. The Hall–Kier alpha value is -2.80. The second-order valence-corrected chi connectivity index (χ2v) is 6.39. The molecule has 0 saturated heterocycles. The third-order valence-electron chi connectivity index (χ3n) is 4.06. The first-order valence-corrected chi connectivity index (χ1v) is 8.81. The predicted octanol–water partition coefficient (Wildman–Crippen LogP) is 5.33. The molecule has 0 unspecified atom stereocenters. The van der Waals surface area contributed by atoms with Gasteiger partial charge in [0.25, 0.3) is 0 Å². The normalized spacial score (nSPS) is 12.0. The Morgan fingerprint density at radius 2 is 2.07 bits per heavy atom. The number of hydrogen-bond acceptors (Lipinski definition) is 3. The minimum atomic E-state index is -4.42. The number of alkyl halides is 3. The molecule has 4 nitrogen and oxygen atoms in total. The van der Waals surface area contributed by atoms with E-state index in [-0.39, 0.29) is 13.2 Å². The maximum absolute atomic E-state index is 13.0. The highest BCUT2D eigenvalue weighted by molar-refractivity contribution is 6.30. The third kappa shape index (κ3) is 4.54. The van der Waals surface area contributed by atoms with Crippen LogP contribution in [0.4, 0.5) is 13.2 Å². The zero-order valence-corrected chi connectivity index (χ0v) is 15.6. The van der Waals surface area contributed by atoms with Gasteiger partial charge in [0.15, 0.2) is 0 Å². The number of rotatable bonds is 5. The minimum Gasteiger partial charge on any atom is -0.463 e. The maximum Gasteiger partial charge on any atom is 0.416 e. The molecule has 0 bridgehead atoms. The van der Waals surface area contributed by atoms with Gasteiger partial charge in [-0.1, -0.05) is 23.7 Å². The summed E-state index contributed by atoms with van der Waals surface area (Å²) in [5, 5.41) is 1.06. The van der Waals surface area contributed by atoms with Gasteiger partial charge in [-0.15, -0.1) is 0 Å². The van der Waals surface area contributed by atoms with E-state index in [0.29, 0.717) is 21.9 Å². The van der Waals surface area contributed by atoms with Crippen LogP contribution in [0.3, 0.4) is 0 Å². The van der Waals surface area contributed by atoms with Gasteiger partial charge < -0.3 is 9.30 Å². The first-order chi connectivity index (χ1) is 13.3. The average Bonchev–Trinajstić information content (AvgIpc) is 2.96.